The predicted octanol–water partition coefficient (Wildman–Crippen LogP) is 3.73. The van der Waals surface area contributed by atoms with Crippen molar-refractivity contribution in [3.8, 4) is 11.5 Å². The second-order valence-corrected chi connectivity index (χ2v) is 18.5. The van der Waals surface area contributed by atoms with Crippen LogP contribution in [-0.2, 0) is 19.1 Å². The van der Waals surface area contributed by atoms with E-state index in [1.165, 1.54) is 33.1 Å². The molecule has 0 saturated carbocycles. The normalized spacial score (nSPS) is 36.3. The average Bonchev–Trinajstić information content (AvgIpc) is 3.71. The van der Waals surface area contributed by atoms with E-state index in [2.05, 4.69) is 29.4 Å². The number of aliphatic hydroxyl groups excluding tert-OH is 3. The van der Waals surface area contributed by atoms with Crippen molar-refractivity contribution in [3.05, 3.63) is 58.4 Å². The summed E-state index contributed by atoms with van der Waals surface area (Å²) < 4.78 is 18.1. The molecule has 61 heavy (non-hydrogen) atoms. The minimum atomic E-state index is -1.98. The summed E-state index contributed by atoms with van der Waals surface area (Å²) in [6.07, 6.45) is 5.78. The molecule has 1 aromatic rings. The van der Waals surface area contributed by atoms with Gasteiger partial charge < -0.3 is 44.9 Å². The third kappa shape index (κ3) is 8.68. The summed E-state index contributed by atoms with van der Waals surface area (Å²) in [5, 5.41) is 51.8. The van der Waals surface area contributed by atoms with Gasteiger partial charge in [-0.2, -0.15) is 0 Å². The number of benzene rings is 1. The maximum atomic E-state index is 14.8. The predicted molar refractivity (Wildman–Crippen MR) is 227 cm³/mol. The molecule has 5 aliphatic rings. The Balaban J connectivity index is 1.47. The van der Waals surface area contributed by atoms with Crippen molar-refractivity contribution in [3.63, 3.8) is 0 Å². The number of ether oxygens (including phenoxy) is 3. The molecule has 334 valence electrons. The van der Waals surface area contributed by atoms with E-state index in [9.17, 15) is 39.6 Å². The minimum Gasteiger partial charge on any atom is -0.507 e. The van der Waals surface area contributed by atoms with Crippen LogP contribution in [0.3, 0.4) is 0 Å². The number of hydrogen-bond donors (Lipinski definition) is 6. The molecule has 0 radical (unpaired) electrons. The Morgan fingerprint density at radius 2 is 1.66 bits per heavy atom. The lowest BCUT2D eigenvalue weighted by molar-refractivity contribution is -0.159. The summed E-state index contributed by atoms with van der Waals surface area (Å²) in [7, 11) is 0. The van der Waals surface area contributed by atoms with Gasteiger partial charge in [0.25, 0.3) is 5.78 Å². The molecule has 15 nitrogen and oxygen atoms in total. The number of allylic oxidation sites excluding steroid dienone is 2. The zero-order valence-electron chi connectivity index (χ0n) is 37.0. The first-order valence-electron chi connectivity index (χ1n) is 21.6. The number of nitrogens with one attached hydrogen (secondary N) is 2. The number of carbonyl (C=O) groups is 4. The number of phenols is 1. The van der Waals surface area contributed by atoms with Crippen LogP contribution in [0.25, 0.3) is 0 Å². The standard InChI is InChI=1S/C46H64N4O11/c1-22(2)20-50-17-15-46(16-18-50)48-34-31-32-39(55)28(8)42-33(31)43(57)45(10,61-42)59-19-14-30(21-51)25(5)41(60-29(9)52)27(7)38(54)26(6)37(53)23(3)12-11-13-24(4)44(58)47-36(40(32)56)35(34)49-46/h11-14,19,22-23,25-27,30,35-38,41,49,51,53-55H,15-18,20-21H2,1-10H3,(H,47,58)/b12-11+,19-14+,24-13-/t23-,25+,26+,27+,30+,35?,36?,37-,38?,41+,45-/m0/s1. The number of ketones is 2. The van der Waals surface area contributed by atoms with Crippen LogP contribution in [0.1, 0.15) is 107 Å². The van der Waals surface area contributed by atoms with Gasteiger partial charge in [0.1, 0.15) is 29.3 Å². The van der Waals surface area contributed by atoms with Crippen molar-refractivity contribution in [2.75, 3.05) is 26.2 Å². The van der Waals surface area contributed by atoms with Crippen LogP contribution in [0.5, 0.6) is 11.5 Å². The van der Waals surface area contributed by atoms with Gasteiger partial charge in [-0.15, -0.1) is 0 Å². The first kappa shape index (κ1) is 46.1. The van der Waals surface area contributed by atoms with Crippen molar-refractivity contribution in [1.29, 1.82) is 0 Å². The van der Waals surface area contributed by atoms with Gasteiger partial charge in [0.05, 0.1) is 41.4 Å². The van der Waals surface area contributed by atoms with E-state index >= 15 is 0 Å². The number of amides is 1. The van der Waals surface area contributed by atoms with Gasteiger partial charge in [-0.3, -0.25) is 29.5 Å². The molecule has 1 aromatic carbocycles. The summed E-state index contributed by atoms with van der Waals surface area (Å²) in [6.45, 7) is 19.1. The third-order valence-electron chi connectivity index (χ3n) is 13.5. The summed E-state index contributed by atoms with van der Waals surface area (Å²) in [5.41, 5.74) is -0.0302. The highest BCUT2D eigenvalue weighted by atomic mass is 16.7. The molecular formula is C46H64N4O11. The number of likely N-dealkylation sites (tertiary alicyclic amines) is 1. The lowest BCUT2D eigenvalue weighted by Gasteiger charge is -2.39. The average molecular weight is 849 g/mol. The SMILES string of the molecule is CC(=O)O[C@@H]1[C@H](C)[C@@H](CO)/C=C/O[C@@]2(C)Oc3c(C)c(O)c4c(c3C2=O)C2=NC3(CCN(CC(C)C)CC3)NC2C(NC(=O)/C(C)=C\C=C\[C@H](C)[C@H](O)[C@@H](C)C(O)[C@H]1C)C4=O. The highest BCUT2D eigenvalue weighted by molar-refractivity contribution is 6.29. The molecule has 11 atom stereocenters. The number of carbonyl (C=O) groups excluding carboxylic acids is 4. The van der Waals surface area contributed by atoms with E-state index < -0.39 is 107 Å². The topological polar surface area (TPSA) is 217 Å². The Kier molecular flexibility index (Phi) is 13.4. The van der Waals surface area contributed by atoms with E-state index in [-0.39, 0.29) is 33.6 Å². The number of hydrogen-bond acceptors (Lipinski definition) is 14. The van der Waals surface area contributed by atoms with Gasteiger partial charge in [0.15, 0.2) is 5.78 Å². The number of fused-ring (bicyclic) bond motifs is 4. The van der Waals surface area contributed by atoms with E-state index in [1.54, 1.807) is 52.8 Å². The van der Waals surface area contributed by atoms with Gasteiger partial charge >= 0.3 is 11.8 Å². The monoisotopic (exact) mass is 848 g/mol. The second-order valence-electron chi connectivity index (χ2n) is 18.5. The molecule has 4 aliphatic heterocycles. The quantitative estimate of drug-likeness (QED) is 0.239. The highest BCUT2D eigenvalue weighted by Gasteiger charge is 2.57. The maximum Gasteiger partial charge on any atom is 0.312 e. The molecular weight excluding hydrogens is 785 g/mol. The lowest BCUT2D eigenvalue weighted by atomic mass is 9.76. The molecule has 3 unspecified atom stereocenters. The molecule has 1 saturated heterocycles. The number of piperidine rings is 1. The Hall–Kier alpha value is -4.41. The number of aliphatic hydroxyl groups is 3. The van der Waals surface area contributed by atoms with Crippen molar-refractivity contribution in [2.24, 2.45) is 40.5 Å². The fraction of sp³-hybridized carbons (Fsp3) is 0.630. The number of aromatic hydroxyl groups is 1. The van der Waals surface area contributed by atoms with Gasteiger partial charge in [0, 0.05) is 86.4 Å². The highest BCUT2D eigenvalue weighted by Crippen LogP contribution is 2.50. The van der Waals surface area contributed by atoms with Crippen LogP contribution in [0.2, 0.25) is 0 Å². The van der Waals surface area contributed by atoms with Crippen LogP contribution >= 0.6 is 0 Å². The summed E-state index contributed by atoms with van der Waals surface area (Å²) >= 11 is 0. The molecule has 6 N–H and O–H groups in total. The molecule has 1 aliphatic carbocycles. The number of Topliss-reactive ketones (excluding diaryl/α,β-unsaturated/α-hetero) is 2. The number of nitrogens with zero attached hydrogens (tertiary/aromatic N) is 2. The second kappa shape index (κ2) is 17.8. The zero-order chi connectivity index (χ0) is 44.9. The molecule has 6 rings (SSSR count). The largest absolute Gasteiger partial charge is 0.507 e. The number of phenolic OH excluding ortho intramolecular Hbond substituents is 1. The fourth-order valence-electron chi connectivity index (χ4n) is 9.68. The minimum absolute atomic E-state index is 0.0325. The Morgan fingerprint density at radius 1 is 0.984 bits per heavy atom. The first-order valence-corrected chi connectivity index (χ1v) is 21.6. The van der Waals surface area contributed by atoms with Crippen LogP contribution in [-0.4, -0.2) is 123 Å². The van der Waals surface area contributed by atoms with Crippen molar-refractivity contribution in [2.45, 2.75) is 124 Å². The molecule has 1 amide bonds. The fourth-order valence-corrected chi connectivity index (χ4v) is 9.68. The Labute approximate surface area is 358 Å². The van der Waals surface area contributed by atoms with Crippen LogP contribution in [0.15, 0.2) is 41.1 Å². The van der Waals surface area contributed by atoms with E-state index in [4.69, 9.17) is 19.2 Å². The molecule has 4 heterocycles. The van der Waals surface area contributed by atoms with Gasteiger partial charge in [-0.05, 0) is 38.7 Å². The van der Waals surface area contributed by atoms with Gasteiger partial charge in [0.2, 0.25) is 5.91 Å². The molecule has 5 bridgehead atoms. The van der Waals surface area contributed by atoms with Crippen molar-refractivity contribution < 1.29 is 53.8 Å². The first-order chi connectivity index (χ1) is 28.6. The molecule has 0 aromatic heterocycles. The van der Waals surface area contributed by atoms with Crippen LogP contribution in [0, 0.1) is 42.4 Å². The summed E-state index contributed by atoms with van der Waals surface area (Å²) in [4.78, 5) is 63.4. The van der Waals surface area contributed by atoms with Gasteiger partial charge in [-0.25, -0.2) is 0 Å². The lowest BCUT2D eigenvalue weighted by Crippen LogP contribution is -2.62. The van der Waals surface area contributed by atoms with Crippen LogP contribution in [0.4, 0.5) is 0 Å². The summed E-state index contributed by atoms with van der Waals surface area (Å²) in [5.74, 6) is -7.40. The zero-order valence-corrected chi connectivity index (χ0v) is 37.0. The Morgan fingerprint density at radius 3 is 2.28 bits per heavy atom. The van der Waals surface area contributed by atoms with Crippen LogP contribution < -0.4 is 15.4 Å². The van der Waals surface area contributed by atoms with Gasteiger partial charge in [-0.1, -0.05) is 59.8 Å². The van der Waals surface area contributed by atoms with Crippen molar-refractivity contribution in [1.82, 2.24) is 15.5 Å². The Bertz CT molecular complexity index is 2030. The van der Waals surface area contributed by atoms with Crippen molar-refractivity contribution >= 4 is 29.2 Å². The molecule has 1 spiro atoms. The van der Waals surface area contributed by atoms with E-state index in [1.807, 2.05) is 0 Å². The maximum absolute atomic E-state index is 14.8. The molecule has 1 fully saturated rings. The molecule has 15 heteroatoms. The number of esters is 1. The summed E-state index contributed by atoms with van der Waals surface area (Å²) in [6, 6.07) is -2.06. The third-order valence-corrected chi connectivity index (χ3v) is 13.5. The van der Waals surface area contributed by atoms with E-state index in [0.717, 1.165) is 19.6 Å². The van der Waals surface area contributed by atoms with E-state index in [0.29, 0.717) is 24.5 Å². The number of aliphatic imine (C=N–C) groups is 1. The number of rotatable bonds is 4. The smallest absolute Gasteiger partial charge is 0.312 e.